The molecule has 0 saturated heterocycles. The van der Waals surface area contributed by atoms with E-state index in [1.807, 2.05) is 0 Å². The van der Waals surface area contributed by atoms with Gasteiger partial charge in [-0.3, -0.25) is 4.99 Å². The van der Waals surface area contributed by atoms with E-state index in [4.69, 9.17) is 4.74 Å². The molecule has 0 aliphatic rings. The third kappa shape index (κ3) is 5.49. The van der Waals surface area contributed by atoms with Gasteiger partial charge in [-0.25, -0.2) is 4.79 Å². The quantitative estimate of drug-likeness (QED) is 0.264. The number of carbonyl (C=O) groups is 1. The van der Waals surface area contributed by atoms with Gasteiger partial charge >= 0.3 is 18.3 Å². The van der Waals surface area contributed by atoms with Crippen molar-refractivity contribution in [1.29, 1.82) is 0 Å². The fourth-order valence-corrected chi connectivity index (χ4v) is 2.71. The average Bonchev–Trinajstić information content (AvgIpc) is 2.69. The molecule has 2 rings (SSSR count). The lowest BCUT2D eigenvalue weighted by molar-refractivity contribution is -0.145. The zero-order valence-electron chi connectivity index (χ0n) is 15.7. The molecule has 2 aromatic carbocycles. The highest BCUT2D eigenvalue weighted by Crippen LogP contribution is 2.36. The SMILES string of the molecule is C=CC(Cc1ccccc1)(N=Cc1cc(C(F)(F)F)cc(C(F)(F)F)c1)C(=O)OC. The fraction of sp³-hybridized carbons (Fsp3) is 0.238. The summed E-state index contributed by atoms with van der Waals surface area (Å²) in [5.74, 6) is -0.861. The minimum Gasteiger partial charge on any atom is -0.467 e. The van der Waals surface area contributed by atoms with E-state index in [0.29, 0.717) is 17.7 Å². The van der Waals surface area contributed by atoms with Crippen molar-refractivity contribution in [3.63, 3.8) is 0 Å². The molecule has 0 saturated carbocycles. The Morgan fingerprint density at radius 3 is 1.97 bits per heavy atom. The number of benzene rings is 2. The average molecular weight is 429 g/mol. The summed E-state index contributed by atoms with van der Waals surface area (Å²) in [5, 5.41) is 0. The van der Waals surface area contributed by atoms with Crippen molar-refractivity contribution < 1.29 is 35.9 Å². The smallest absolute Gasteiger partial charge is 0.416 e. The number of halogens is 6. The second kappa shape index (κ2) is 8.73. The predicted octanol–water partition coefficient (Wildman–Crippen LogP) is 5.48. The Morgan fingerprint density at radius 1 is 1.00 bits per heavy atom. The van der Waals surface area contributed by atoms with E-state index in [2.05, 4.69) is 11.6 Å². The van der Waals surface area contributed by atoms with Gasteiger partial charge in [-0.05, 0) is 29.3 Å². The van der Waals surface area contributed by atoms with Crippen molar-refractivity contribution in [3.05, 3.63) is 83.4 Å². The largest absolute Gasteiger partial charge is 0.467 e. The predicted molar refractivity (Wildman–Crippen MR) is 99.1 cm³/mol. The number of alkyl halides is 6. The number of hydrogen-bond acceptors (Lipinski definition) is 3. The Labute approximate surface area is 168 Å². The van der Waals surface area contributed by atoms with E-state index in [9.17, 15) is 31.1 Å². The van der Waals surface area contributed by atoms with Crippen LogP contribution in [0.2, 0.25) is 0 Å². The zero-order valence-corrected chi connectivity index (χ0v) is 15.7. The van der Waals surface area contributed by atoms with Crippen LogP contribution in [0.3, 0.4) is 0 Å². The third-order valence-corrected chi connectivity index (χ3v) is 4.25. The van der Waals surface area contributed by atoms with Crippen molar-refractivity contribution in [2.75, 3.05) is 7.11 Å². The summed E-state index contributed by atoms with van der Waals surface area (Å²) in [7, 11) is 1.09. The first-order valence-corrected chi connectivity index (χ1v) is 8.52. The first kappa shape index (κ1) is 23.2. The normalized spacial score (nSPS) is 14.4. The molecule has 0 aliphatic carbocycles. The number of esters is 1. The van der Waals surface area contributed by atoms with Gasteiger partial charge in [0, 0.05) is 12.6 Å². The molecule has 0 amide bonds. The van der Waals surface area contributed by atoms with Gasteiger partial charge in [-0.2, -0.15) is 26.3 Å². The number of rotatable bonds is 6. The molecule has 0 spiro atoms. The number of methoxy groups -OCH3 is 1. The summed E-state index contributed by atoms with van der Waals surface area (Å²) in [6.45, 7) is 3.55. The van der Waals surface area contributed by atoms with E-state index in [0.717, 1.165) is 19.4 Å². The standard InChI is InChI=1S/C21H17F6NO2/c1-3-19(18(29)30-2,12-14-7-5-4-6-8-14)28-13-15-9-16(20(22,23)24)11-17(10-15)21(25,26)27/h3-11,13H,1,12H2,2H3. The Balaban J connectivity index is 2.55. The van der Waals surface area contributed by atoms with Gasteiger partial charge in [-0.1, -0.05) is 36.4 Å². The fourth-order valence-electron chi connectivity index (χ4n) is 2.71. The summed E-state index contributed by atoms with van der Waals surface area (Å²) < 4.78 is 83.0. The topological polar surface area (TPSA) is 38.7 Å². The molecule has 0 aliphatic heterocycles. The highest BCUT2D eigenvalue weighted by Gasteiger charge is 2.38. The number of aliphatic imine (C=N–C) groups is 1. The van der Waals surface area contributed by atoms with Gasteiger partial charge in [0.05, 0.1) is 18.2 Å². The summed E-state index contributed by atoms with van der Waals surface area (Å²) >= 11 is 0. The van der Waals surface area contributed by atoms with Crippen molar-refractivity contribution in [1.82, 2.24) is 0 Å². The van der Waals surface area contributed by atoms with Crippen molar-refractivity contribution >= 4 is 12.2 Å². The Morgan fingerprint density at radius 2 is 1.53 bits per heavy atom. The molecule has 1 unspecified atom stereocenters. The molecule has 0 N–H and O–H groups in total. The molecule has 0 fully saturated rings. The maximum atomic E-state index is 13.0. The lowest BCUT2D eigenvalue weighted by Gasteiger charge is -2.23. The summed E-state index contributed by atoms with van der Waals surface area (Å²) in [6.07, 6.45) is -8.12. The highest BCUT2D eigenvalue weighted by molar-refractivity contribution is 5.89. The molecule has 9 heteroatoms. The zero-order chi connectivity index (χ0) is 22.6. The number of ether oxygens (including phenoxy) is 1. The van der Waals surface area contributed by atoms with Gasteiger partial charge < -0.3 is 4.74 Å². The van der Waals surface area contributed by atoms with Crippen LogP contribution >= 0.6 is 0 Å². The van der Waals surface area contributed by atoms with Crippen LogP contribution < -0.4 is 0 Å². The molecule has 0 aromatic heterocycles. The molecule has 1 atom stereocenters. The second-order valence-corrected chi connectivity index (χ2v) is 6.38. The molecule has 0 bridgehead atoms. The summed E-state index contributed by atoms with van der Waals surface area (Å²) in [6, 6.07) is 9.56. The van der Waals surface area contributed by atoms with Gasteiger partial charge in [0.25, 0.3) is 0 Å². The van der Waals surface area contributed by atoms with E-state index < -0.39 is 40.6 Å². The molecule has 3 nitrogen and oxygen atoms in total. The first-order chi connectivity index (χ1) is 13.9. The van der Waals surface area contributed by atoms with Crippen LogP contribution in [0.1, 0.15) is 22.3 Å². The summed E-state index contributed by atoms with van der Waals surface area (Å²) in [5.41, 5.74) is -4.53. The van der Waals surface area contributed by atoms with Crippen LogP contribution in [0, 0.1) is 0 Å². The van der Waals surface area contributed by atoms with Crippen LogP contribution in [0.25, 0.3) is 0 Å². The van der Waals surface area contributed by atoms with E-state index in [-0.39, 0.29) is 12.5 Å². The second-order valence-electron chi connectivity index (χ2n) is 6.38. The van der Waals surface area contributed by atoms with Crippen molar-refractivity contribution in [2.45, 2.75) is 24.3 Å². The molecular formula is C21H17F6NO2. The molecule has 0 heterocycles. The Bertz CT molecular complexity index is 902. The monoisotopic (exact) mass is 429 g/mol. The van der Waals surface area contributed by atoms with Crippen molar-refractivity contribution in [3.8, 4) is 0 Å². The number of hydrogen-bond donors (Lipinski definition) is 0. The first-order valence-electron chi connectivity index (χ1n) is 8.52. The van der Waals surface area contributed by atoms with Crippen LogP contribution in [0.4, 0.5) is 26.3 Å². The Hall–Kier alpha value is -3.10. The number of carbonyl (C=O) groups excluding carboxylic acids is 1. The van der Waals surface area contributed by atoms with E-state index in [1.54, 1.807) is 30.3 Å². The van der Waals surface area contributed by atoms with Gasteiger partial charge in [0.1, 0.15) is 0 Å². The van der Waals surface area contributed by atoms with Gasteiger partial charge in [0.15, 0.2) is 5.54 Å². The number of nitrogens with zero attached hydrogens (tertiary/aromatic N) is 1. The van der Waals surface area contributed by atoms with E-state index >= 15 is 0 Å². The van der Waals surface area contributed by atoms with Gasteiger partial charge in [0.2, 0.25) is 0 Å². The molecule has 0 radical (unpaired) electrons. The summed E-state index contributed by atoms with van der Waals surface area (Å²) in [4.78, 5) is 16.4. The molecule has 160 valence electrons. The minimum atomic E-state index is -4.99. The maximum absolute atomic E-state index is 13.0. The van der Waals surface area contributed by atoms with Crippen LogP contribution in [-0.4, -0.2) is 24.8 Å². The molecule has 2 aromatic rings. The van der Waals surface area contributed by atoms with Crippen LogP contribution in [0.5, 0.6) is 0 Å². The lowest BCUT2D eigenvalue weighted by atomic mass is 9.91. The Kier molecular flexibility index (Phi) is 6.74. The van der Waals surface area contributed by atoms with E-state index in [1.165, 1.54) is 0 Å². The molecule has 30 heavy (non-hydrogen) atoms. The third-order valence-electron chi connectivity index (χ3n) is 4.25. The highest BCUT2D eigenvalue weighted by atomic mass is 19.4. The van der Waals surface area contributed by atoms with Crippen LogP contribution in [-0.2, 0) is 28.3 Å². The van der Waals surface area contributed by atoms with Crippen molar-refractivity contribution in [2.24, 2.45) is 4.99 Å². The minimum absolute atomic E-state index is 0.0162. The maximum Gasteiger partial charge on any atom is 0.416 e. The molecular weight excluding hydrogens is 412 g/mol. The lowest BCUT2D eigenvalue weighted by Crippen LogP contribution is -2.38. The van der Waals surface area contributed by atoms with Gasteiger partial charge in [-0.15, -0.1) is 6.58 Å². The van der Waals surface area contributed by atoms with Crippen LogP contribution in [0.15, 0.2) is 66.2 Å².